The smallest absolute Gasteiger partial charge is 0.287 e. The molecular weight excluding hydrogens is 284 g/mol. The van der Waals surface area contributed by atoms with Crippen molar-refractivity contribution in [3.8, 4) is 0 Å². The summed E-state index contributed by atoms with van der Waals surface area (Å²) in [6.45, 7) is 0. The molecule has 0 spiro atoms. The predicted molar refractivity (Wildman–Crippen MR) is 74.0 cm³/mol. The molecule has 108 valence electrons. The van der Waals surface area contributed by atoms with Crippen LogP contribution in [0.2, 0.25) is 5.02 Å². The van der Waals surface area contributed by atoms with Gasteiger partial charge < -0.3 is 10.1 Å². The van der Waals surface area contributed by atoms with Gasteiger partial charge in [-0.2, -0.15) is 0 Å². The molecule has 1 aliphatic carbocycles. The van der Waals surface area contributed by atoms with Crippen LogP contribution in [-0.4, -0.2) is 30.1 Å². The van der Waals surface area contributed by atoms with Crippen molar-refractivity contribution in [2.24, 2.45) is 0 Å². The van der Waals surface area contributed by atoms with Crippen LogP contribution in [0.3, 0.4) is 0 Å². The van der Waals surface area contributed by atoms with Gasteiger partial charge in [-0.15, -0.1) is 0 Å². The quantitative estimate of drug-likeness (QED) is 0.684. The van der Waals surface area contributed by atoms with Crippen molar-refractivity contribution in [2.45, 2.75) is 31.4 Å². The third kappa shape index (κ3) is 3.26. The first kappa shape index (κ1) is 14.7. The number of hydrogen-bond donors (Lipinski definition) is 1. The molecule has 0 aliphatic heterocycles. The largest absolute Gasteiger partial charge is 0.381 e. The highest BCUT2D eigenvalue weighted by Crippen LogP contribution is 2.26. The van der Waals surface area contributed by atoms with Crippen molar-refractivity contribution < 1.29 is 14.5 Å². The maximum absolute atomic E-state index is 12.0. The first-order valence-electron chi connectivity index (χ1n) is 6.29. The van der Waals surface area contributed by atoms with Gasteiger partial charge in [0, 0.05) is 24.8 Å². The van der Waals surface area contributed by atoms with Crippen molar-refractivity contribution in [2.75, 3.05) is 7.11 Å². The number of ether oxygens (including phenoxy) is 1. The van der Waals surface area contributed by atoms with Crippen LogP contribution >= 0.6 is 11.6 Å². The van der Waals surface area contributed by atoms with Crippen molar-refractivity contribution in [1.82, 2.24) is 5.32 Å². The van der Waals surface area contributed by atoms with Crippen LogP contribution in [-0.2, 0) is 4.74 Å². The number of halogens is 1. The van der Waals surface area contributed by atoms with E-state index >= 15 is 0 Å². The SMILES string of the molecule is COC1CCC(NC(=O)c2ccc([N+](=O)[O-])c(Cl)c2)C1. The molecule has 0 aromatic heterocycles. The van der Waals surface area contributed by atoms with E-state index < -0.39 is 4.92 Å². The molecule has 0 saturated heterocycles. The van der Waals surface area contributed by atoms with E-state index in [0.29, 0.717) is 5.56 Å². The van der Waals surface area contributed by atoms with Crippen molar-refractivity contribution >= 4 is 23.2 Å². The first-order valence-corrected chi connectivity index (χ1v) is 6.66. The number of nitrogens with one attached hydrogen (secondary N) is 1. The summed E-state index contributed by atoms with van der Waals surface area (Å²) in [5.74, 6) is -0.274. The van der Waals surface area contributed by atoms with Gasteiger partial charge in [0.25, 0.3) is 11.6 Å². The maximum Gasteiger partial charge on any atom is 0.287 e. The van der Waals surface area contributed by atoms with Crippen LogP contribution in [0.4, 0.5) is 5.69 Å². The number of amides is 1. The molecule has 2 rings (SSSR count). The second-order valence-corrected chi connectivity index (χ2v) is 5.17. The summed E-state index contributed by atoms with van der Waals surface area (Å²) >= 11 is 5.79. The number of nitro groups is 1. The molecule has 2 atom stereocenters. The summed E-state index contributed by atoms with van der Waals surface area (Å²) in [7, 11) is 1.66. The van der Waals surface area contributed by atoms with E-state index in [1.54, 1.807) is 7.11 Å². The fraction of sp³-hybridized carbons (Fsp3) is 0.462. The minimum atomic E-state index is -0.579. The number of nitro benzene ring substituents is 1. The molecule has 1 N–H and O–H groups in total. The molecule has 0 radical (unpaired) electrons. The lowest BCUT2D eigenvalue weighted by atomic mass is 10.1. The summed E-state index contributed by atoms with van der Waals surface area (Å²) in [6.07, 6.45) is 2.75. The van der Waals surface area contributed by atoms with Crippen LogP contribution in [0.5, 0.6) is 0 Å². The summed E-state index contributed by atoms with van der Waals surface area (Å²) in [5, 5.41) is 13.5. The Morgan fingerprint density at radius 3 is 2.80 bits per heavy atom. The lowest BCUT2D eigenvalue weighted by Crippen LogP contribution is -2.33. The number of carbonyl (C=O) groups is 1. The number of rotatable bonds is 4. The Morgan fingerprint density at radius 2 is 2.25 bits per heavy atom. The van der Waals surface area contributed by atoms with Gasteiger partial charge in [-0.3, -0.25) is 14.9 Å². The van der Waals surface area contributed by atoms with E-state index in [1.807, 2.05) is 0 Å². The fourth-order valence-electron chi connectivity index (χ4n) is 2.35. The van der Waals surface area contributed by atoms with Gasteiger partial charge in [0.15, 0.2) is 0 Å². The fourth-order valence-corrected chi connectivity index (χ4v) is 2.60. The third-order valence-corrected chi connectivity index (χ3v) is 3.76. The molecule has 1 aromatic rings. The molecule has 1 amide bonds. The number of benzene rings is 1. The molecule has 1 aliphatic rings. The van der Waals surface area contributed by atoms with Gasteiger partial charge >= 0.3 is 0 Å². The predicted octanol–water partition coefficient (Wildman–Crippen LogP) is 2.55. The number of hydrogen-bond acceptors (Lipinski definition) is 4. The second-order valence-electron chi connectivity index (χ2n) is 4.76. The van der Waals surface area contributed by atoms with Crippen LogP contribution in [0.1, 0.15) is 29.6 Å². The van der Waals surface area contributed by atoms with E-state index in [0.717, 1.165) is 19.3 Å². The van der Waals surface area contributed by atoms with Crippen molar-refractivity contribution in [1.29, 1.82) is 0 Å². The lowest BCUT2D eigenvalue weighted by molar-refractivity contribution is -0.384. The van der Waals surface area contributed by atoms with Crippen molar-refractivity contribution in [3.05, 3.63) is 38.9 Å². The normalized spacial score (nSPS) is 21.7. The number of carbonyl (C=O) groups excluding carboxylic acids is 1. The second kappa shape index (κ2) is 6.19. The maximum atomic E-state index is 12.0. The number of methoxy groups -OCH3 is 1. The summed E-state index contributed by atoms with van der Waals surface area (Å²) in [5.41, 5.74) is 0.116. The van der Waals surface area contributed by atoms with Gasteiger partial charge in [0.1, 0.15) is 5.02 Å². The Hall–Kier alpha value is -1.66. The highest BCUT2D eigenvalue weighted by atomic mass is 35.5. The molecule has 6 nitrogen and oxygen atoms in total. The van der Waals surface area contributed by atoms with Crippen LogP contribution < -0.4 is 5.32 Å². The van der Waals surface area contributed by atoms with Crippen LogP contribution in [0.15, 0.2) is 18.2 Å². The summed E-state index contributed by atoms with van der Waals surface area (Å²) < 4.78 is 5.24. The van der Waals surface area contributed by atoms with E-state index in [1.165, 1.54) is 18.2 Å². The lowest BCUT2D eigenvalue weighted by Gasteiger charge is -2.13. The Balaban J connectivity index is 2.03. The topological polar surface area (TPSA) is 81.5 Å². The average Bonchev–Trinajstić information content (AvgIpc) is 2.85. The van der Waals surface area contributed by atoms with Gasteiger partial charge in [-0.05, 0) is 31.4 Å². The molecule has 0 bridgehead atoms. The average molecular weight is 299 g/mol. The summed E-state index contributed by atoms with van der Waals surface area (Å²) in [4.78, 5) is 22.1. The van der Waals surface area contributed by atoms with E-state index in [4.69, 9.17) is 16.3 Å². The Labute approximate surface area is 121 Å². The number of nitrogens with zero attached hydrogens (tertiary/aromatic N) is 1. The minimum Gasteiger partial charge on any atom is -0.381 e. The molecule has 1 fully saturated rings. The summed E-state index contributed by atoms with van der Waals surface area (Å²) in [6, 6.07) is 4.03. The van der Waals surface area contributed by atoms with E-state index in [9.17, 15) is 14.9 Å². The molecule has 20 heavy (non-hydrogen) atoms. The zero-order chi connectivity index (χ0) is 14.7. The third-order valence-electron chi connectivity index (χ3n) is 3.46. The van der Waals surface area contributed by atoms with Crippen molar-refractivity contribution in [3.63, 3.8) is 0 Å². The molecule has 0 heterocycles. The zero-order valence-corrected chi connectivity index (χ0v) is 11.7. The molecule has 2 unspecified atom stereocenters. The standard InChI is InChI=1S/C13H15ClN2O4/c1-20-10-4-3-9(7-10)15-13(17)8-2-5-12(16(18)19)11(14)6-8/h2,5-6,9-10H,3-4,7H2,1H3,(H,15,17). The minimum absolute atomic E-state index is 0.0381. The Kier molecular flexibility index (Phi) is 4.57. The molecular formula is C13H15ClN2O4. The zero-order valence-electron chi connectivity index (χ0n) is 11.0. The van der Waals surface area contributed by atoms with E-state index in [-0.39, 0.29) is 28.8 Å². The van der Waals surface area contributed by atoms with E-state index in [2.05, 4.69) is 5.32 Å². The molecule has 1 saturated carbocycles. The first-order chi connectivity index (χ1) is 9.51. The monoisotopic (exact) mass is 298 g/mol. The highest BCUT2D eigenvalue weighted by Gasteiger charge is 2.26. The van der Waals surface area contributed by atoms with Crippen LogP contribution in [0, 0.1) is 10.1 Å². The van der Waals surface area contributed by atoms with Gasteiger partial charge in [0.2, 0.25) is 0 Å². The Morgan fingerprint density at radius 1 is 1.50 bits per heavy atom. The highest BCUT2D eigenvalue weighted by molar-refractivity contribution is 6.33. The Bertz CT molecular complexity index is 535. The van der Waals surface area contributed by atoms with Gasteiger partial charge in [0.05, 0.1) is 11.0 Å². The molecule has 7 heteroatoms. The van der Waals surface area contributed by atoms with Crippen LogP contribution in [0.25, 0.3) is 0 Å². The molecule has 1 aromatic carbocycles. The van der Waals surface area contributed by atoms with Gasteiger partial charge in [-0.1, -0.05) is 11.6 Å². The van der Waals surface area contributed by atoms with Gasteiger partial charge in [-0.25, -0.2) is 0 Å².